The summed E-state index contributed by atoms with van der Waals surface area (Å²) in [5.74, 6) is -0.299. The van der Waals surface area contributed by atoms with Gasteiger partial charge in [-0.3, -0.25) is 14.5 Å². The van der Waals surface area contributed by atoms with Gasteiger partial charge in [0.1, 0.15) is 0 Å². The highest BCUT2D eigenvalue weighted by molar-refractivity contribution is 6.21. The Labute approximate surface area is 189 Å². The molecule has 0 unspecified atom stereocenters. The van der Waals surface area contributed by atoms with Crippen LogP contribution < -0.4 is 4.90 Å². The first-order chi connectivity index (χ1) is 15.7. The number of hydrogen-bond donors (Lipinski definition) is 0. The van der Waals surface area contributed by atoms with Gasteiger partial charge in [0.15, 0.2) is 0 Å². The summed E-state index contributed by atoms with van der Waals surface area (Å²) < 4.78 is 0. The molecule has 5 rings (SSSR count). The van der Waals surface area contributed by atoms with E-state index in [1.807, 2.05) is 12.1 Å². The van der Waals surface area contributed by atoms with Crippen molar-refractivity contribution < 1.29 is 9.59 Å². The van der Waals surface area contributed by atoms with Crippen LogP contribution in [0.15, 0.2) is 72.8 Å². The minimum Gasteiger partial charge on any atom is -0.341 e. The van der Waals surface area contributed by atoms with Gasteiger partial charge < -0.3 is 4.90 Å². The molecule has 2 aliphatic heterocycles. The number of carbonyl (C=O) groups excluding carboxylic acids is 2. The van der Waals surface area contributed by atoms with E-state index in [1.54, 1.807) is 12.1 Å². The van der Waals surface area contributed by atoms with E-state index in [0.29, 0.717) is 17.7 Å². The summed E-state index contributed by atoms with van der Waals surface area (Å²) in [6.07, 6.45) is 6.14. The van der Waals surface area contributed by atoms with Crippen molar-refractivity contribution in [2.75, 3.05) is 18.0 Å². The molecule has 2 aliphatic rings. The highest BCUT2D eigenvalue weighted by Gasteiger charge is 2.34. The second kappa shape index (κ2) is 8.99. The number of unbranched alkanes of at least 4 members (excludes halogenated alkanes) is 3. The summed E-state index contributed by atoms with van der Waals surface area (Å²) >= 11 is 0. The Balaban J connectivity index is 1.17. The van der Waals surface area contributed by atoms with Crippen molar-refractivity contribution in [3.8, 4) is 0 Å². The molecule has 0 atom stereocenters. The van der Waals surface area contributed by atoms with Crippen molar-refractivity contribution >= 4 is 23.2 Å². The molecular weight excluding hydrogens is 396 g/mol. The zero-order valence-electron chi connectivity index (χ0n) is 18.3. The number of amides is 2. The Morgan fingerprint density at radius 3 is 1.50 bits per heavy atom. The number of imide groups is 1. The van der Waals surface area contributed by atoms with Gasteiger partial charge >= 0.3 is 0 Å². The van der Waals surface area contributed by atoms with Gasteiger partial charge in [0, 0.05) is 24.5 Å². The number of rotatable bonds is 7. The molecule has 0 spiro atoms. The third-order valence-corrected chi connectivity index (χ3v) is 6.62. The minimum atomic E-state index is -0.150. The van der Waals surface area contributed by atoms with E-state index in [9.17, 15) is 9.59 Å². The standard InChI is InChI=1S/C28H28N2O2/c31-27-23-13-5-6-14-24(23)28(32)30(27)20-10-2-1-9-19-29-25-15-7-3-11-21(25)17-18-22-12-4-8-16-26(22)29/h3-8,11-16H,1-2,9-10,17-20H2. The van der Waals surface area contributed by atoms with E-state index < -0.39 is 0 Å². The molecule has 162 valence electrons. The van der Waals surface area contributed by atoms with Crippen LogP contribution in [0.2, 0.25) is 0 Å². The predicted molar refractivity (Wildman–Crippen MR) is 128 cm³/mol. The zero-order chi connectivity index (χ0) is 21.9. The first-order valence-electron chi connectivity index (χ1n) is 11.6. The second-order valence-corrected chi connectivity index (χ2v) is 8.63. The lowest BCUT2D eigenvalue weighted by atomic mass is 10.0. The van der Waals surface area contributed by atoms with E-state index in [1.165, 1.54) is 27.4 Å². The van der Waals surface area contributed by atoms with Crippen LogP contribution in [0.5, 0.6) is 0 Å². The van der Waals surface area contributed by atoms with Gasteiger partial charge in [-0.25, -0.2) is 0 Å². The highest BCUT2D eigenvalue weighted by Crippen LogP contribution is 2.36. The second-order valence-electron chi connectivity index (χ2n) is 8.63. The maximum absolute atomic E-state index is 12.5. The maximum Gasteiger partial charge on any atom is 0.261 e. The number of anilines is 2. The van der Waals surface area contributed by atoms with Crippen molar-refractivity contribution in [1.82, 2.24) is 4.90 Å². The Morgan fingerprint density at radius 1 is 0.531 bits per heavy atom. The summed E-state index contributed by atoms with van der Waals surface area (Å²) in [5, 5.41) is 0. The summed E-state index contributed by atoms with van der Waals surface area (Å²) in [5.41, 5.74) is 6.54. The van der Waals surface area contributed by atoms with Gasteiger partial charge in [-0.2, -0.15) is 0 Å². The number of hydrogen-bond acceptors (Lipinski definition) is 3. The SMILES string of the molecule is O=C1c2ccccc2C(=O)N1CCCCCCN1c2ccccc2CCc2ccccc21. The summed E-state index contributed by atoms with van der Waals surface area (Å²) in [4.78, 5) is 28.9. The van der Waals surface area contributed by atoms with Crippen LogP contribution >= 0.6 is 0 Å². The molecule has 0 aliphatic carbocycles. The van der Waals surface area contributed by atoms with Gasteiger partial charge in [-0.15, -0.1) is 0 Å². The number of carbonyl (C=O) groups is 2. The molecular formula is C28H28N2O2. The molecule has 3 aromatic carbocycles. The van der Waals surface area contributed by atoms with Crippen molar-refractivity contribution in [1.29, 1.82) is 0 Å². The summed E-state index contributed by atoms with van der Waals surface area (Å²) in [6, 6.07) is 24.6. The largest absolute Gasteiger partial charge is 0.341 e. The Morgan fingerprint density at radius 2 is 0.969 bits per heavy atom. The molecule has 0 radical (unpaired) electrons. The smallest absolute Gasteiger partial charge is 0.261 e. The van der Waals surface area contributed by atoms with E-state index in [2.05, 4.69) is 53.4 Å². The number of benzene rings is 3. The lowest BCUT2D eigenvalue weighted by Crippen LogP contribution is -2.30. The molecule has 2 heterocycles. The topological polar surface area (TPSA) is 40.6 Å². The van der Waals surface area contributed by atoms with Crippen LogP contribution in [-0.2, 0) is 12.8 Å². The first-order valence-corrected chi connectivity index (χ1v) is 11.6. The van der Waals surface area contributed by atoms with Gasteiger partial charge in [-0.05, 0) is 61.1 Å². The van der Waals surface area contributed by atoms with E-state index in [0.717, 1.165) is 45.1 Å². The van der Waals surface area contributed by atoms with Crippen molar-refractivity contribution in [2.45, 2.75) is 38.5 Å². The van der Waals surface area contributed by atoms with Crippen LogP contribution in [0, 0.1) is 0 Å². The fourth-order valence-corrected chi connectivity index (χ4v) is 4.95. The van der Waals surface area contributed by atoms with E-state index in [-0.39, 0.29) is 11.8 Å². The third kappa shape index (κ3) is 3.81. The first kappa shape index (κ1) is 20.5. The third-order valence-electron chi connectivity index (χ3n) is 6.62. The Hall–Kier alpha value is -3.40. The van der Waals surface area contributed by atoms with Crippen LogP contribution in [-0.4, -0.2) is 29.8 Å². The molecule has 4 nitrogen and oxygen atoms in total. The fraction of sp³-hybridized carbons (Fsp3) is 0.286. The number of nitrogens with zero attached hydrogens (tertiary/aromatic N) is 2. The van der Waals surface area contributed by atoms with Gasteiger partial charge in [0.2, 0.25) is 0 Å². The van der Waals surface area contributed by atoms with E-state index in [4.69, 9.17) is 0 Å². The lowest BCUT2D eigenvalue weighted by molar-refractivity contribution is 0.0651. The zero-order valence-corrected chi connectivity index (χ0v) is 18.3. The van der Waals surface area contributed by atoms with Crippen molar-refractivity contribution in [3.63, 3.8) is 0 Å². The molecule has 0 aromatic heterocycles. The molecule has 0 bridgehead atoms. The summed E-state index contributed by atoms with van der Waals surface area (Å²) in [7, 11) is 0. The molecule has 4 heteroatoms. The van der Waals surface area contributed by atoms with Crippen LogP contribution in [0.4, 0.5) is 11.4 Å². The normalized spacial score (nSPS) is 14.8. The van der Waals surface area contributed by atoms with Crippen molar-refractivity contribution in [3.05, 3.63) is 95.1 Å². The fourth-order valence-electron chi connectivity index (χ4n) is 4.95. The number of fused-ring (bicyclic) bond motifs is 3. The van der Waals surface area contributed by atoms with Crippen LogP contribution in [0.25, 0.3) is 0 Å². The monoisotopic (exact) mass is 424 g/mol. The molecule has 0 fully saturated rings. The maximum atomic E-state index is 12.5. The lowest BCUT2D eigenvalue weighted by Gasteiger charge is -2.27. The minimum absolute atomic E-state index is 0.150. The molecule has 32 heavy (non-hydrogen) atoms. The predicted octanol–water partition coefficient (Wildman–Crippen LogP) is 5.78. The number of aryl methyl sites for hydroxylation is 2. The molecule has 2 amide bonds. The quantitative estimate of drug-likeness (QED) is 0.357. The molecule has 0 saturated heterocycles. The average Bonchev–Trinajstić information content (AvgIpc) is 2.98. The number of para-hydroxylation sites is 2. The van der Waals surface area contributed by atoms with Gasteiger partial charge in [-0.1, -0.05) is 61.4 Å². The van der Waals surface area contributed by atoms with E-state index >= 15 is 0 Å². The van der Waals surface area contributed by atoms with Crippen LogP contribution in [0.3, 0.4) is 0 Å². The van der Waals surface area contributed by atoms with Gasteiger partial charge in [0.05, 0.1) is 11.1 Å². The van der Waals surface area contributed by atoms with Crippen LogP contribution in [0.1, 0.15) is 57.5 Å². The average molecular weight is 425 g/mol. The van der Waals surface area contributed by atoms with Gasteiger partial charge in [0.25, 0.3) is 11.8 Å². The van der Waals surface area contributed by atoms with Crippen molar-refractivity contribution in [2.24, 2.45) is 0 Å². The Bertz CT molecular complexity index is 1070. The highest BCUT2D eigenvalue weighted by atomic mass is 16.2. The Kier molecular flexibility index (Phi) is 5.76. The molecule has 0 saturated carbocycles. The molecule has 0 N–H and O–H groups in total. The molecule has 3 aromatic rings. The summed E-state index contributed by atoms with van der Waals surface area (Å²) in [6.45, 7) is 1.47.